The third-order valence-corrected chi connectivity index (χ3v) is 6.06. The quantitative estimate of drug-likeness (QED) is 0.246. The summed E-state index contributed by atoms with van der Waals surface area (Å²) in [5.41, 5.74) is 0.310. The van der Waals surface area contributed by atoms with Crippen molar-refractivity contribution in [1.29, 1.82) is 0 Å². The number of carbonyl (C=O) groups is 3. The number of esters is 1. The molecule has 1 N–H and O–H groups in total. The molecule has 170 valence electrons. The summed E-state index contributed by atoms with van der Waals surface area (Å²) in [4.78, 5) is 37.6. The van der Waals surface area contributed by atoms with Gasteiger partial charge in [-0.05, 0) is 57.2 Å². The third-order valence-electron chi connectivity index (χ3n) is 6.06. The van der Waals surface area contributed by atoms with Gasteiger partial charge in [-0.2, -0.15) is 0 Å². The molecule has 3 atom stereocenters. The minimum Gasteiger partial charge on any atom is -0.507 e. The van der Waals surface area contributed by atoms with E-state index in [2.05, 4.69) is 0 Å². The molecular weight excluding hydrogens is 396 g/mol. The number of hydrogen-bond acceptors (Lipinski definition) is 6. The molecule has 6 heteroatoms. The number of rotatable bonds is 10. The number of hydrogen-bond donors (Lipinski definition) is 1. The number of benzene rings is 1. The second-order valence-electron chi connectivity index (χ2n) is 9.16. The average molecular weight is 431 g/mol. The lowest BCUT2D eigenvalue weighted by atomic mass is 9.77. The van der Waals surface area contributed by atoms with Gasteiger partial charge in [0.1, 0.15) is 23.0 Å². The van der Waals surface area contributed by atoms with E-state index in [1.165, 1.54) is 19.2 Å². The maximum atomic E-state index is 13.0. The molecule has 1 saturated heterocycles. The number of phenolic OH excluding ortho intramolecular Hbond substituents is 1. The van der Waals surface area contributed by atoms with Gasteiger partial charge in [0.25, 0.3) is 0 Å². The Hall–Kier alpha value is -2.63. The van der Waals surface area contributed by atoms with Crippen LogP contribution in [0.15, 0.2) is 29.8 Å². The van der Waals surface area contributed by atoms with E-state index in [0.29, 0.717) is 24.5 Å². The Morgan fingerprint density at radius 2 is 2.00 bits per heavy atom. The first-order valence-corrected chi connectivity index (χ1v) is 10.8. The highest BCUT2D eigenvalue weighted by atomic mass is 16.6. The summed E-state index contributed by atoms with van der Waals surface area (Å²) >= 11 is 0. The summed E-state index contributed by atoms with van der Waals surface area (Å²) in [7, 11) is 1.47. The van der Waals surface area contributed by atoms with E-state index in [1.807, 2.05) is 34.6 Å². The molecule has 0 aromatic heterocycles. The monoisotopic (exact) mass is 430 g/mol. The van der Waals surface area contributed by atoms with Crippen LogP contribution in [-0.2, 0) is 14.3 Å². The van der Waals surface area contributed by atoms with Gasteiger partial charge in [-0.15, -0.1) is 0 Å². The summed E-state index contributed by atoms with van der Waals surface area (Å²) in [6.45, 7) is 9.65. The summed E-state index contributed by atoms with van der Waals surface area (Å²) in [6.07, 6.45) is 4.28. The number of carbonyl (C=O) groups excluding carboxylic acids is 3. The van der Waals surface area contributed by atoms with Gasteiger partial charge < -0.3 is 14.6 Å². The highest BCUT2D eigenvalue weighted by molar-refractivity contribution is 6.11. The van der Waals surface area contributed by atoms with Crippen molar-refractivity contribution in [2.24, 2.45) is 17.8 Å². The second-order valence-corrected chi connectivity index (χ2v) is 9.16. The SMILES string of the molecule is COc1ccc(C(=O)[C@H]2C(=O)O[C@](C)(CCC/C(C)=C\C(=O)CC(C)C)[C@@H]2C)c(O)c1. The van der Waals surface area contributed by atoms with Crippen LogP contribution in [0.4, 0.5) is 0 Å². The van der Waals surface area contributed by atoms with Crippen LogP contribution in [0, 0.1) is 17.8 Å². The van der Waals surface area contributed by atoms with Gasteiger partial charge >= 0.3 is 5.97 Å². The van der Waals surface area contributed by atoms with Crippen molar-refractivity contribution in [3.05, 3.63) is 35.4 Å². The molecule has 0 aliphatic carbocycles. The smallest absolute Gasteiger partial charge is 0.317 e. The van der Waals surface area contributed by atoms with Crippen molar-refractivity contribution < 1.29 is 29.0 Å². The fraction of sp³-hybridized carbons (Fsp3) is 0.560. The van der Waals surface area contributed by atoms with Crippen molar-refractivity contribution in [3.8, 4) is 11.5 Å². The zero-order valence-corrected chi connectivity index (χ0v) is 19.4. The number of Topliss-reactive ketones (excluding diaryl/α,β-unsaturated/α-hetero) is 1. The standard InChI is InChI=1S/C25H34O6/c1-15(2)12-18(26)13-16(3)8-7-11-25(5)17(4)22(24(29)31-25)23(28)20-10-9-19(30-6)14-21(20)27/h9-10,13-15,17,22,27H,7-8,11-12H2,1-6H3/b16-13-/t17-,22+,25-/m1/s1. The van der Waals surface area contributed by atoms with Crippen LogP contribution in [0.1, 0.15) is 70.7 Å². The Labute approximate surface area is 184 Å². The molecule has 1 aliphatic heterocycles. The molecule has 0 saturated carbocycles. The molecule has 1 aliphatic rings. The van der Waals surface area contributed by atoms with Crippen molar-refractivity contribution in [3.63, 3.8) is 0 Å². The van der Waals surface area contributed by atoms with Crippen molar-refractivity contribution in [1.82, 2.24) is 0 Å². The fourth-order valence-corrected chi connectivity index (χ4v) is 4.10. The average Bonchev–Trinajstić information content (AvgIpc) is 2.88. The minimum atomic E-state index is -0.964. The first kappa shape index (κ1) is 24.6. The first-order chi connectivity index (χ1) is 14.5. The molecule has 0 spiro atoms. The van der Waals surface area contributed by atoms with Crippen molar-refractivity contribution >= 4 is 17.5 Å². The molecule has 0 bridgehead atoms. The predicted octanol–water partition coefficient (Wildman–Crippen LogP) is 4.88. The van der Waals surface area contributed by atoms with Crippen LogP contribution in [0.5, 0.6) is 11.5 Å². The minimum absolute atomic E-state index is 0.0845. The van der Waals surface area contributed by atoms with Gasteiger partial charge in [-0.25, -0.2) is 0 Å². The topological polar surface area (TPSA) is 89.9 Å². The molecule has 0 unspecified atom stereocenters. The molecule has 2 rings (SSSR count). The van der Waals surface area contributed by atoms with Crippen LogP contribution in [-0.4, -0.2) is 35.4 Å². The van der Waals surface area contributed by atoms with E-state index in [1.54, 1.807) is 12.1 Å². The van der Waals surface area contributed by atoms with Gasteiger partial charge in [0.2, 0.25) is 0 Å². The predicted molar refractivity (Wildman–Crippen MR) is 118 cm³/mol. The molecule has 0 amide bonds. The molecule has 31 heavy (non-hydrogen) atoms. The maximum Gasteiger partial charge on any atom is 0.317 e. The fourth-order valence-electron chi connectivity index (χ4n) is 4.10. The number of cyclic esters (lactones) is 1. The number of phenols is 1. The number of methoxy groups -OCH3 is 1. The van der Waals surface area contributed by atoms with Crippen LogP contribution >= 0.6 is 0 Å². The van der Waals surface area contributed by atoms with Crippen LogP contribution in [0.25, 0.3) is 0 Å². The van der Waals surface area contributed by atoms with E-state index >= 15 is 0 Å². The number of aromatic hydroxyl groups is 1. The second kappa shape index (κ2) is 10.1. The summed E-state index contributed by atoms with van der Waals surface area (Å²) in [5, 5.41) is 10.2. The van der Waals surface area contributed by atoms with Gasteiger partial charge in [0, 0.05) is 18.4 Å². The Morgan fingerprint density at radius 3 is 2.58 bits per heavy atom. The number of allylic oxidation sites excluding steroid dienone is 2. The van der Waals surface area contributed by atoms with E-state index in [-0.39, 0.29) is 23.0 Å². The van der Waals surface area contributed by atoms with E-state index in [4.69, 9.17) is 9.47 Å². The van der Waals surface area contributed by atoms with Gasteiger partial charge in [0.15, 0.2) is 11.6 Å². The maximum absolute atomic E-state index is 13.0. The van der Waals surface area contributed by atoms with Gasteiger partial charge in [-0.3, -0.25) is 14.4 Å². The summed E-state index contributed by atoms with van der Waals surface area (Å²) in [5.74, 6) is -1.65. The van der Waals surface area contributed by atoms with Crippen molar-refractivity contribution in [2.75, 3.05) is 7.11 Å². The molecule has 1 heterocycles. The van der Waals surface area contributed by atoms with Crippen LogP contribution < -0.4 is 4.74 Å². The summed E-state index contributed by atoms with van der Waals surface area (Å²) < 4.78 is 10.7. The lowest BCUT2D eigenvalue weighted by Crippen LogP contribution is -2.33. The van der Waals surface area contributed by atoms with E-state index in [9.17, 15) is 19.5 Å². The van der Waals surface area contributed by atoms with E-state index in [0.717, 1.165) is 18.4 Å². The highest BCUT2D eigenvalue weighted by Crippen LogP contribution is 2.43. The molecule has 6 nitrogen and oxygen atoms in total. The molecule has 1 aromatic carbocycles. The van der Waals surface area contributed by atoms with Crippen LogP contribution in [0.3, 0.4) is 0 Å². The number of ketones is 2. The van der Waals surface area contributed by atoms with Crippen LogP contribution in [0.2, 0.25) is 0 Å². The summed E-state index contributed by atoms with van der Waals surface area (Å²) in [6, 6.07) is 4.40. The Morgan fingerprint density at radius 1 is 1.32 bits per heavy atom. The van der Waals surface area contributed by atoms with E-state index < -0.39 is 23.3 Å². The normalized spacial score (nSPS) is 23.7. The number of ether oxygens (including phenoxy) is 2. The largest absolute Gasteiger partial charge is 0.507 e. The zero-order valence-electron chi connectivity index (χ0n) is 19.4. The Balaban J connectivity index is 2.04. The Kier molecular flexibility index (Phi) is 8.04. The highest BCUT2D eigenvalue weighted by Gasteiger charge is 2.53. The lowest BCUT2D eigenvalue weighted by Gasteiger charge is -2.28. The van der Waals surface area contributed by atoms with Gasteiger partial charge in [0.05, 0.1) is 12.7 Å². The first-order valence-electron chi connectivity index (χ1n) is 10.8. The van der Waals surface area contributed by atoms with Gasteiger partial charge in [-0.1, -0.05) is 26.3 Å². The molecule has 1 aromatic rings. The molecule has 1 fully saturated rings. The third kappa shape index (κ3) is 5.96. The molecule has 0 radical (unpaired) electrons. The lowest BCUT2D eigenvalue weighted by molar-refractivity contribution is -0.149. The molecular formula is C25H34O6. The van der Waals surface area contributed by atoms with Crippen molar-refractivity contribution in [2.45, 2.75) is 65.9 Å². The Bertz CT molecular complexity index is 869. The zero-order chi connectivity index (χ0) is 23.3.